The van der Waals surface area contributed by atoms with Gasteiger partial charge in [-0.2, -0.15) is 4.31 Å². The molecule has 8 nitrogen and oxygen atoms in total. The van der Waals surface area contributed by atoms with Crippen molar-refractivity contribution in [3.05, 3.63) is 36.2 Å². The average Bonchev–Trinajstić information content (AvgIpc) is 3.01. The molecule has 1 aromatic carbocycles. The number of piperidine rings is 1. The quantitative estimate of drug-likeness (QED) is 0.729. The van der Waals surface area contributed by atoms with E-state index >= 15 is 0 Å². The van der Waals surface area contributed by atoms with Crippen molar-refractivity contribution in [1.29, 1.82) is 0 Å². The molecule has 3 rings (SSSR count). The molecule has 1 atom stereocenters. The highest BCUT2D eigenvalue weighted by Gasteiger charge is 2.33. The van der Waals surface area contributed by atoms with Gasteiger partial charge in [0.15, 0.2) is 5.16 Å². The van der Waals surface area contributed by atoms with Crippen LogP contribution in [0.2, 0.25) is 0 Å². The van der Waals surface area contributed by atoms with E-state index in [0.29, 0.717) is 23.1 Å². The summed E-state index contributed by atoms with van der Waals surface area (Å²) >= 11 is 1.23. The number of rotatable bonds is 6. The van der Waals surface area contributed by atoms with Crippen LogP contribution in [0.4, 0.5) is 0 Å². The molecular formula is C16H21N5O3S2. The number of aromatic nitrogens is 3. The number of thioether (sulfide) groups is 1. The fraction of sp³-hybridized carbons (Fsp3) is 0.438. The third-order valence-electron chi connectivity index (χ3n) is 4.34. The molecule has 0 radical (unpaired) electrons. The lowest BCUT2D eigenvalue weighted by Gasteiger charge is -2.31. The molecular weight excluding hydrogens is 374 g/mol. The Hall–Kier alpha value is -1.91. The molecule has 1 aliphatic rings. The molecule has 1 aromatic heterocycles. The van der Waals surface area contributed by atoms with Crippen molar-refractivity contribution in [1.82, 2.24) is 19.1 Å². The normalized spacial score (nSPS) is 18.7. The van der Waals surface area contributed by atoms with Crippen LogP contribution in [-0.2, 0) is 21.9 Å². The van der Waals surface area contributed by atoms with E-state index in [9.17, 15) is 13.2 Å². The van der Waals surface area contributed by atoms with Crippen molar-refractivity contribution in [3.8, 4) is 0 Å². The maximum atomic E-state index is 12.9. The highest BCUT2D eigenvalue weighted by Crippen LogP contribution is 2.30. The first-order valence-corrected chi connectivity index (χ1v) is 10.7. The molecule has 1 saturated heterocycles. The summed E-state index contributed by atoms with van der Waals surface area (Å²) in [5.74, 6) is 0.399. The number of carbonyl (C=O) groups excluding carboxylic acids is 1. The fourth-order valence-corrected chi connectivity index (χ4v) is 5.26. The van der Waals surface area contributed by atoms with Gasteiger partial charge in [0.2, 0.25) is 15.9 Å². The predicted molar refractivity (Wildman–Crippen MR) is 98.1 cm³/mol. The van der Waals surface area contributed by atoms with Gasteiger partial charge in [0.05, 0.1) is 10.6 Å². The molecule has 140 valence electrons. The second-order valence-corrected chi connectivity index (χ2v) is 9.05. The van der Waals surface area contributed by atoms with E-state index < -0.39 is 15.9 Å². The SMILES string of the molecule is Cn1c(SCC(N)=O)nnc1[C@H]1CCCN(S(=O)(=O)c2ccccc2)C1. The molecule has 0 spiro atoms. The van der Waals surface area contributed by atoms with Crippen molar-refractivity contribution in [2.75, 3.05) is 18.8 Å². The van der Waals surface area contributed by atoms with Gasteiger partial charge in [-0.1, -0.05) is 30.0 Å². The predicted octanol–water partition coefficient (Wildman–Crippen LogP) is 0.961. The number of amides is 1. The van der Waals surface area contributed by atoms with Gasteiger partial charge >= 0.3 is 0 Å². The number of nitrogens with zero attached hydrogens (tertiary/aromatic N) is 4. The average molecular weight is 396 g/mol. The van der Waals surface area contributed by atoms with E-state index in [1.54, 1.807) is 30.3 Å². The zero-order valence-electron chi connectivity index (χ0n) is 14.4. The van der Waals surface area contributed by atoms with E-state index in [1.807, 2.05) is 11.6 Å². The Morgan fingerprint density at radius 2 is 2.04 bits per heavy atom. The van der Waals surface area contributed by atoms with Gasteiger partial charge in [-0.15, -0.1) is 10.2 Å². The molecule has 10 heteroatoms. The Morgan fingerprint density at radius 3 is 2.73 bits per heavy atom. The largest absolute Gasteiger partial charge is 0.369 e. The highest BCUT2D eigenvalue weighted by atomic mass is 32.2. The Labute approximate surface area is 156 Å². The van der Waals surface area contributed by atoms with Crippen molar-refractivity contribution < 1.29 is 13.2 Å². The van der Waals surface area contributed by atoms with Crippen molar-refractivity contribution in [3.63, 3.8) is 0 Å². The van der Waals surface area contributed by atoms with E-state index in [-0.39, 0.29) is 11.7 Å². The molecule has 0 bridgehead atoms. The van der Waals surface area contributed by atoms with E-state index in [4.69, 9.17) is 5.73 Å². The number of hydrogen-bond acceptors (Lipinski definition) is 6. The van der Waals surface area contributed by atoms with Crippen LogP contribution in [0, 0.1) is 0 Å². The maximum absolute atomic E-state index is 12.9. The molecule has 1 amide bonds. The first-order chi connectivity index (χ1) is 12.4. The van der Waals surface area contributed by atoms with Crippen LogP contribution < -0.4 is 5.73 Å². The number of carbonyl (C=O) groups is 1. The number of hydrogen-bond donors (Lipinski definition) is 1. The Kier molecular flexibility index (Phi) is 5.64. The summed E-state index contributed by atoms with van der Waals surface area (Å²) in [5.41, 5.74) is 5.17. The second-order valence-electron chi connectivity index (χ2n) is 6.17. The third-order valence-corrected chi connectivity index (χ3v) is 7.26. The van der Waals surface area contributed by atoms with Gasteiger partial charge in [-0.25, -0.2) is 8.42 Å². The maximum Gasteiger partial charge on any atom is 0.243 e. The number of nitrogens with two attached hydrogens (primary N) is 1. The van der Waals surface area contributed by atoms with Gasteiger partial charge in [0.1, 0.15) is 5.82 Å². The van der Waals surface area contributed by atoms with Crippen LogP contribution in [0.3, 0.4) is 0 Å². The minimum atomic E-state index is -3.52. The summed E-state index contributed by atoms with van der Waals surface area (Å²) in [7, 11) is -1.70. The van der Waals surface area contributed by atoms with Gasteiger partial charge in [-0.3, -0.25) is 4.79 Å². The van der Waals surface area contributed by atoms with Gasteiger partial charge in [0, 0.05) is 26.1 Å². The van der Waals surface area contributed by atoms with Crippen LogP contribution in [0.1, 0.15) is 24.6 Å². The molecule has 1 fully saturated rings. The van der Waals surface area contributed by atoms with Crippen LogP contribution in [0.25, 0.3) is 0 Å². The lowest BCUT2D eigenvalue weighted by Crippen LogP contribution is -2.39. The van der Waals surface area contributed by atoms with Crippen LogP contribution in [0.5, 0.6) is 0 Å². The second kappa shape index (κ2) is 7.77. The monoisotopic (exact) mass is 395 g/mol. The van der Waals surface area contributed by atoms with Gasteiger partial charge in [0.25, 0.3) is 0 Å². The van der Waals surface area contributed by atoms with E-state index in [0.717, 1.165) is 18.7 Å². The van der Waals surface area contributed by atoms with Crippen molar-refractivity contribution >= 4 is 27.7 Å². The number of sulfonamides is 1. The summed E-state index contributed by atoms with van der Waals surface area (Å²) < 4.78 is 29.1. The zero-order valence-corrected chi connectivity index (χ0v) is 16.0. The summed E-state index contributed by atoms with van der Waals surface area (Å²) in [4.78, 5) is 11.3. The Morgan fingerprint density at radius 1 is 1.31 bits per heavy atom. The number of primary amides is 1. The van der Waals surface area contributed by atoms with Gasteiger partial charge < -0.3 is 10.3 Å². The van der Waals surface area contributed by atoms with Gasteiger partial charge in [-0.05, 0) is 25.0 Å². The van der Waals surface area contributed by atoms with Crippen molar-refractivity contribution in [2.24, 2.45) is 12.8 Å². The summed E-state index contributed by atoms with van der Waals surface area (Å²) in [6, 6.07) is 8.46. The van der Waals surface area contributed by atoms with Crippen molar-refractivity contribution in [2.45, 2.75) is 28.8 Å². The van der Waals surface area contributed by atoms with Crippen LogP contribution in [-0.4, -0.2) is 52.2 Å². The first-order valence-electron chi connectivity index (χ1n) is 8.25. The summed E-state index contributed by atoms with van der Waals surface area (Å²) in [6.45, 7) is 0.860. The minimum Gasteiger partial charge on any atom is -0.369 e. The van der Waals surface area contributed by atoms with Crippen LogP contribution in [0.15, 0.2) is 40.4 Å². The molecule has 26 heavy (non-hydrogen) atoms. The smallest absolute Gasteiger partial charge is 0.243 e. The van der Waals surface area contributed by atoms with E-state index in [2.05, 4.69) is 10.2 Å². The fourth-order valence-electron chi connectivity index (χ4n) is 3.06. The van der Waals surface area contributed by atoms with Crippen LogP contribution >= 0.6 is 11.8 Å². The molecule has 2 aromatic rings. The molecule has 0 saturated carbocycles. The lowest BCUT2D eigenvalue weighted by atomic mass is 9.99. The number of benzene rings is 1. The Bertz CT molecular complexity index is 883. The minimum absolute atomic E-state index is 0.0392. The van der Waals surface area contributed by atoms with E-state index in [1.165, 1.54) is 16.1 Å². The topological polar surface area (TPSA) is 111 Å². The Balaban J connectivity index is 1.78. The molecule has 0 unspecified atom stereocenters. The third kappa shape index (κ3) is 3.92. The lowest BCUT2D eigenvalue weighted by molar-refractivity contribution is -0.115. The molecule has 1 aliphatic heterocycles. The summed E-state index contributed by atoms with van der Waals surface area (Å²) in [6.07, 6.45) is 1.60. The first kappa shape index (κ1) is 18.9. The zero-order chi connectivity index (χ0) is 18.7. The molecule has 0 aliphatic carbocycles. The highest BCUT2D eigenvalue weighted by molar-refractivity contribution is 7.99. The summed E-state index contributed by atoms with van der Waals surface area (Å²) in [5, 5.41) is 8.93. The standard InChI is InChI=1S/C16H21N5O3S2/c1-20-15(18-19-16(20)25-11-14(17)22)12-6-5-9-21(10-12)26(23,24)13-7-3-2-4-8-13/h2-4,7-8,12H,5-6,9-11H2,1H3,(H2,17,22)/t12-/m0/s1. The molecule has 2 N–H and O–H groups in total. The molecule has 2 heterocycles.